The first kappa shape index (κ1) is 24.6. The molecule has 4 rings (SSSR count). The van der Waals surface area contributed by atoms with E-state index in [9.17, 15) is 0 Å². The van der Waals surface area contributed by atoms with Crippen molar-refractivity contribution in [2.24, 2.45) is 7.05 Å². The number of rotatable bonds is 4. The van der Waals surface area contributed by atoms with Gasteiger partial charge in [-0.1, -0.05) is 109 Å². The van der Waals surface area contributed by atoms with E-state index in [1.54, 1.807) is 0 Å². The third-order valence-electron chi connectivity index (χ3n) is 7.19. The van der Waals surface area contributed by atoms with Crippen molar-refractivity contribution >= 4 is 18.8 Å². The van der Waals surface area contributed by atoms with Crippen molar-refractivity contribution in [3.05, 3.63) is 89.1 Å². The summed E-state index contributed by atoms with van der Waals surface area (Å²) >= 11 is 0. The molecule has 37 heavy (non-hydrogen) atoms. The molecule has 2 heteroatoms. The molecule has 0 saturated carbocycles. The number of fused-ring (bicyclic) bond motifs is 1. The number of hydrogen-bond acceptors (Lipinski definition) is 0. The summed E-state index contributed by atoms with van der Waals surface area (Å²) in [4.78, 5) is 0. The molecule has 4 aromatic rings. The first-order valence-corrected chi connectivity index (χ1v) is 17.0. The molecule has 0 atom stereocenters. The quantitative estimate of drug-likeness (QED) is 0.190. The standard InChI is InChI=1S/C35H46NSi/c1-24-27-14-12-13-15-29(27)32(35(5,6)7)21-30(24)33-19-17-26(22-36(33)8)28-18-16-25(23-37(9,10)11)20-31(28)34(2,3)4/h12-22H,23H2,1-11H3/q+1/i23D2. The fraction of sp³-hybridized carbons (Fsp3) is 0.400. The fourth-order valence-electron chi connectivity index (χ4n) is 5.38. The SMILES string of the molecule is [2H]C([2H])(c1ccc(-c2ccc(-c3cc(C(C)(C)C)c4ccccc4c3C)[n+](C)c2)c(C(C)(C)C)c1)[Si](C)(C)C. The molecule has 1 nitrogen and oxygen atoms in total. The average molecular weight is 511 g/mol. The van der Waals surface area contributed by atoms with Gasteiger partial charge in [0.2, 0.25) is 5.69 Å². The first-order chi connectivity index (χ1) is 17.8. The van der Waals surface area contributed by atoms with Gasteiger partial charge >= 0.3 is 0 Å². The Morgan fingerprint density at radius 1 is 0.757 bits per heavy atom. The second-order valence-electron chi connectivity index (χ2n) is 13.7. The predicted molar refractivity (Wildman–Crippen MR) is 165 cm³/mol. The lowest BCUT2D eigenvalue weighted by Crippen LogP contribution is -2.31. The Balaban J connectivity index is 1.89. The minimum Gasteiger partial charge on any atom is -0.200 e. The second-order valence-corrected chi connectivity index (χ2v) is 18.4. The van der Waals surface area contributed by atoms with Crippen molar-refractivity contribution in [3.8, 4) is 22.4 Å². The molecule has 0 aliphatic rings. The highest BCUT2D eigenvalue weighted by molar-refractivity contribution is 6.75. The normalized spacial score (nSPS) is 14.0. The van der Waals surface area contributed by atoms with Gasteiger partial charge in [-0.2, -0.15) is 0 Å². The van der Waals surface area contributed by atoms with E-state index in [2.05, 4.69) is 141 Å². The Morgan fingerprint density at radius 3 is 1.95 bits per heavy atom. The van der Waals surface area contributed by atoms with Gasteiger partial charge in [0.05, 0.1) is 0 Å². The Labute approximate surface area is 229 Å². The van der Waals surface area contributed by atoms with Crippen LogP contribution in [0.5, 0.6) is 0 Å². The molecule has 0 fully saturated rings. The largest absolute Gasteiger partial charge is 0.212 e. The molecule has 194 valence electrons. The van der Waals surface area contributed by atoms with Crippen LogP contribution in [0.1, 0.15) is 66.5 Å². The van der Waals surface area contributed by atoms with E-state index in [0.717, 1.165) is 11.1 Å². The zero-order chi connectivity index (χ0) is 29.1. The minimum absolute atomic E-state index is 0.0325. The smallest absolute Gasteiger partial charge is 0.200 e. The van der Waals surface area contributed by atoms with Gasteiger partial charge in [0.25, 0.3) is 0 Å². The average Bonchev–Trinajstić information content (AvgIpc) is 2.82. The molecule has 0 aliphatic carbocycles. The second kappa shape index (κ2) is 9.55. The summed E-state index contributed by atoms with van der Waals surface area (Å²) in [6.45, 7) is 22.1. The third-order valence-corrected chi connectivity index (χ3v) is 8.23. The van der Waals surface area contributed by atoms with E-state index in [4.69, 9.17) is 2.74 Å². The van der Waals surface area contributed by atoms with Crippen molar-refractivity contribution < 1.29 is 7.31 Å². The topological polar surface area (TPSA) is 3.88 Å². The molecular weight excluding hydrogens is 462 g/mol. The van der Waals surface area contributed by atoms with Crippen LogP contribution in [0.15, 0.2) is 66.9 Å². The van der Waals surface area contributed by atoms with E-state index in [1.807, 2.05) is 6.07 Å². The zero-order valence-corrected chi connectivity index (χ0v) is 25.8. The summed E-state index contributed by atoms with van der Waals surface area (Å²) < 4.78 is 20.1. The van der Waals surface area contributed by atoms with E-state index >= 15 is 0 Å². The molecule has 0 aliphatic heterocycles. The summed E-state index contributed by atoms with van der Waals surface area (Å²) in [6.07, 6.45) is 2.23. The van der Waals surface area contributed by atoms with Crippen LogP contribution in [0.25, 0.3) is 33.2 Å². The van der Waals surface area contributed by atoms with Crippen LogP contribution in [0.2, 0.25) is 19.6 Å². The van der Waals surface area contributed by atoms with Gasteiger partial charge in [0.1, 0.15) is 7.05 Å². The van der Waals surface area contributed by atoms with Crippen LogP contribution in [-0.2, 0) is 23.9 Å². The Kier molecular flexibility index (Phi) is 6.35. The number of aromatic nitrogens is 1. The van der Waals surface area contributed by atoms with Gasteiger partial charge in [-0.15, -0.1) is 0 Å². The van der Waals surface area contributed by atoms with Gasteiger partial charge in [-0.3, -0.25) is 0 Å². The van der Waals surface area contributed by atoms with Gasteiger partial charge in [0, 0.05) is 28.0 Å². The van der Waals surface area contributed by atoms with E-state index in [1.165, 1.54) is 44.3 Å². The molecule has 3 aromatic carbocycles. The summed E-state index contributed by atoms with van der Waals surface area (Å²) in [7, 11) is 0.0657. The van der Waals surface area contributed by atoms with Gasteiger partial charge in [0.15, 0.2) is 6.20 Å². The Bertz CT molecular complexity index is 1550. The van der Waals surface area contributed by atoms with Crippen molar-refractivity contribution in [1.29, 1.82) is 0 Å². The van der Waals surface area contributed by atoms with Crippen LogP contribution in [-0.4, -0.2) is 8.07 Å². The maximum Gasteiger partial charge on any atom is 0.212 e. The highest BCUT2D eigenvalue weighted by Crippen LogP contribution is 2.38. The summed E-state index contributed by atoms with van der Waals surface area (Å²) in [6, 6.07) is 21.9. The highest BCUT2D eigenvalue weighted by atomic mass is 28.3. The van der Waals surface area contributed by atoms with Crippen LogP contribution >= 0.6 is 0 Å². The summed E-state index contributed by atoms with van der Waals surface area (Å²) in [5, 5.41) is 2.64. The number of benzene rings is 3. The molecular formula is C35H46NSi+. The monoisotopic (exact) mass is 510 g/mol. The van der Waals surface area contributed by atoms with Crippen LogP contribution < -0.4 is 4.57 Å². The third kappa shape index (κ3) is 5.75. The van der Waals surface area contributed by atoms with Gasteiger partial charge in [-0.05, 0) is 68.9 Å². The number of nitrogens with zero attached hydrogens (tertiary/aromatic N) is 1. The molecule has 1 heterocycles. The Hall–Kier alpha value is -2.71. The lowest BCUT2D eigenvalue weighted by atomic mass is 9.80. The Morgan fingerprint density at radius 2 is 1.38 bits per heavy atom. The summed E-state index contributed by atoms with van der Waals surface area (Å²) in [5.74, 6) is -1.29. The van der Waals surface area contributed by atoms with Crippen molar-refractivity contribution in [1.82, 2.24) is 0 Å². The number of pyridine rings is 1. The van der Waals surface area contributed by atoms with E-state index < -0.39 is 14.1 Å². The number of hydrogen-bond donors (Lipinski definition) is 0. The maximum atomic E-state index is 8.92. The van der Waals surface area contributed by atoms with Gasteiger partial charge < -0.3 is 0 Å². The van der Waals surface area contributed by atoms with Crippen molar-refractivity contribution in [3.63, 3.8) is 0 Å². The fourth-order valence-corrected chi connectivity index (χ4v) is 6.40. The molecule has 0 unspecified atom stereocenters. The maximum absolute atomic E-state index is 8.92. The molecule has 0 saturated heterocycles. The number of aryl methyl sites for hydroxylation is 2. The molecule has 0 radical (unpaired) electrons. The molecule has 0 amide bonds. The lowest BCUT2D eigenvalue weighted by molar-refractivity contribution is -0.659. The van der Waals surface area contributed by atoms with Crippen LogP contribution in [0, 0.1) is 6.92 Å². The minimum atomic E-state index is -2.07. The highest BCUT2D eigenvalue weighted by Gasteiger charge is 2.25. The van der Waals surface area contributed by atoms with E-state index in [0.29, 0.717) is 0 Å². The van der Waals surface area contributed by atoms with E-state index in [-0.39, 0.29) is 10.8 Å². The molecule has 0 bridgehead atoms. The summed E-state index contributed by atoms with van der Waals surface area (Å²) in [5.41, 5.74) is 9.36. The first-order valence-electron chi connectivity index (χ1n) is 14.5. The lowest BCUT2D eigenvalue weighted by Gasteiger charge is -2.25. The zero-order valence-electron chi connectivity index (χ0n) is 26.8. The van der Waals surface area contributed by atoms with Crippen LogP contribution in [0.3, 0.4) is 0 Å². The molecule has 0 N–H and O–H groups in total. The molecule has 1 aromatic heterocycles. The van der Waals surface area contributed by atoms with Gasteiger partial charge in [-0.25, -0.2) is 4.57 Å². The van der Waals surface area contributed by atoms with Crippen LogP contribution in [0.4, 0.5) is 0 Å². The predicted octanol–water partition coefficient (Wildman–Crippen LogP) is 9.32. The van der Waals surface area contributed by atoms with Crippen molar-refractivity contribution in [2.45, 2.75) is 84.9 Å². The molecule has 0 spiro atoms. The van der Waals surface area contributed by atoms with Crippen molar-refractivity contribution in [2.75, 3.05) is 0 Å².